The molecule has 11 heteroatoms. The number of ether oxygens (including phenoxy) is 1. The molecule has 0 aliphatic rings. The zero-order chi connectivity index (χ0) is 33.2. The quantitative estimate of drug-likeness (QED) is 0.0975. The van der Waals surface area contributed by atoms with E-state index in [1.165, 1.54) is 10.5 Å². The number of nitrogens with one attached hydrogen (secondary N) is 2. The Bertz CT molecular complexity index is 1940. The van der Waals surface area contributed by atoms with Crippen LogP contribution in [0.3, 0.4) is 0 Å². The lowest BCUT2D eigenvalue weighted by atomic mass is 10.1. The van der Waals surface area contributed by atoms with Gasteiger partial charge in [0.2, 0.25) is 10.0 Å². The Morgan fingerprint density at radius 1 is 0.766 bits per heavy atom. The van der Waals surface area contributed by atoms with Gasteiger partial charge in [-0.1, -0.05) is 77.9 Å². The number of carbonyl (C=O) groups excluding carboxylic acids is 2. The number of sulfonamides is 1. The molecule has 1 aromatic heterocycles. The number of aryl methyl sites for hydroxylation is 2. The maximum atomic E-state index is 13.6. The molecule has 4 aromatic carbocycles. The fourth-order valence-corrected chi connectivity index (χ4v) is 5.87. The average molecular weight is 651 g/mol. The molecule has 0 atom stereocenters. The van der Waals surface area contributed by atoms with E-state index in [1.807, 2.05) is 68.4 Å². The smallest absolute Gasteiger partial charge is 0.329 e. The van der Waals surface area contributed by atoms with Gasteiger partial charge < -0.3 is 14.5 Å². The minimum atomic E-state index is -3.86. The monoisotopic (exact) mass is 650 g/mol. The van der Waals surface area contributed by atoms with Crippen molar-refractivity contribution in [1.29, 1.82) is 0 Å². The van der Waals surface area contributed by atoms with E-state index in [0.29, 0.717) is 23.8 Å². The Morgan fingerprint density at radius 3 is 2.11 bits per heavy atom. The summed E-state index contributed by atoms with van der Waals surface area (Å²) in [5.41, 5.74) is 6.45. The lowest BCUT2D eigenvalue weighted by Gasteiger charge is -2.21. The second kappa shape index (κ2) is 15.2. The molecule has 47 heavy (non-hydrogen) atoms. The van der Waals surface area contributed by atoms with Crippen LogP contribution in [0.2, 0.25) is 0 Å². The predicted octanol–water partition coefficient (Wildman–Crippen LogP) is 5.96. The number of carbonyl (C=O) groups is 2. The summed E-state index contributed by atoms with van der Waals surface area (Å²) < 4.78 is 40.1. The van der Waals surface area contributed by atoms with E-state index in [9.17, 15) is 18.0 Å². The fraction of sp³-hybridized carbons (Fsp3) is 0.139. The van der Waals surface area contributed by atoms with Gasteiger partial charge in [0.15, 0.2) is 0 Å². The minimum absolute atomic E-state index is 0.0389. The van der Waals surface area contributed by atoms with Gasteiger partial charge >= 0.3 is 11.8 Å². The van der Waals surface area contributed by atoms with Crippen molar-refractivity contribution in [2.75, 3.05) is 5.32 Å². The first-order chi connectivity index (χ1) is 22.7. The molecule has 0 radical (unpaired) electrons. The summed E-state index contributed by atoms with van der Waals surface area (Å²) in [7, 11) is -3.86. The summed E-state index contributed by atoms with van der Waals surface area (Å²) in [5, 5.41) is 6.32. The van der Waals surface area contributed by atoms with Gasteiger partial charge in [-0.25, -0.2) is 13.8 Å². The molecule has 10 nitrogen and oxygen atoms in total. The van der Waals surface area contributed by atoms with Gasteiger partial charge in [0.05, 0.1) is 17.7 Å². The van der Waals surface area contributed by atoms with Crippen molar-refractivity contribution in [3.05, 3.63) is 149 Å². The summed E-state index contributed by atoms with van der Waals surface area (Å²) in [4.78, 5) is 24.8. The van der Waals surface area contributed by atoms with Crippen molar-refractivity contribution in [2.24, 2.45) is 5.10 Å². The number of amides is 2. The third-order valence-electron chi connectivity index (χ3n) is 7.08. The Kier molecular flexibility index (Phi) is 10.6. The van der Waals surface area contributed by atoms with Crippen LogP contribution in [0.4, 0.5) is 5.69 Å². The van der Waals surface area contributed by atoms with Gasteiger partial charge in [-0.15, -0.1) is 0 Å². The fourth-order valence-electron chi connectivity index (χ4n) is 4.47. The van der Waals surface area contributed by atoms with Crippen LogP contribution in [0, 0.1) is 13.8 Å². The summed E-state index contributed by atoms with van der Waals surface area (Å²) in [6, 6.07) is 33.9. The number of furan rings is 1. The summed E-state index contributed by atoms with van der Waals surface area (Å²) >= 11 is 0. The molecule has 0 saturated carbocycles. The maximum absolute atomic E-state index is 13.6. The van der Waals surface area contributed by atoms with Crippen LogP contribution in [-0.4, -0.2) is 30.8 Å². The first-order valence-electron chi connectivity index (χ1n) is 14.8. The van der Waals surface area contributed by atoms with Crippen LogP contribution in [-0.2, 0) is 39.3 Å². The van der Waals surface area contributed by atoms with Crippen LogP contribution >= 0.6 is 0 Å². The van der Waals surface area contributed by atoms with E-state index >= 15 is 0 Å². The first-order valence-corrected chi connectivity index (χ1v) is 16.2. The summed E-state index contributed by atoms with van der Waals surface area (Å²) in [6.45, 7) is 4.36. The second-order valence-corrected chi connectivity index (χ2v) is 12.8. The number of nitrogens with zero attached hydrogens (tertiary/aromatic N) is 2. The minimum Gasteiger partial charge on any atom is -0.489 e. The normalized spacial score (nSPS) is 11.5. The molecule has 1 heterocycles. The van der Waals surface area contributed by atoms with Crippen LogP contribution < -0.4 is 15.5 Å². The maximum Gasteiger partial charge on any atom is 0.329 e. The summed E-state index contributed by atoms with van der Waals surface area (Å²) in [6.07, 6.45) is 1.23. The van der Waals surface area contributed by atoms with Crippen molar-refractivity contribution in [2.45, 2.75) is 38.4 Å². The molecule has 0 fully saturated rings. The third kappa shape index (κ3) is 9.25. The summed E-state index contributed by atoms with van der Waals surface area (Å²) in [5.74, 6) is -0.645. The largest absolute Gasteiger partial charge is 0.489 e. The Balaban J connectivity index is 1.16. The second-order valence-electron chi connectivity index (χ2n) is 10.8. The molecular weight excluding hydrogens is 616 g/mol. The lowest BCUT2D eigenvalue weighted by Crippen LogP contribution is -2.32. The number of hydrogen-bond acceptors (Lipinski definition) is 7. The number of hydrogen-bond donors (Lipinski definition) is 2. The molecule has 240 valence electrons. The van der Waals surface area contributed by atoms with Crippen molar-refractivity contribution < 1.29 is 27.2 Å². The zero-order valence-corrected chi connectivity index (χ0v) is 26.7. The highest BCUT2D eigenvalue weighted by molar-refractivity contribution is 7.89. The molecule has 0 bridgehead atoms. The van der Waals surface area contributed by atoms with E-state index in [2.05, 4.69) is 15.8 Å². The zero-order valence-electron chi connectivity index (χ0n) is 25.9. The Morgan fingerprint density at radius 2 is 1.43 bits per heavy atom. The topological polar surface area (TPSA) is 130 Å². The average Bonchev–Trinajstić information content (AvgIpc) is 3.52. The van der Waals surface area contributed by atoms with E-state index in [1.54, 1.807) is 60.7 Å². The third-order valence-corrected chi connectivity index (χ3v) is 8.88. The van der Waals surface area contributed by atoms with E-state index < -0.39 is 21.8 Å². The molecule has 0 spiro atoms. The van der Waals surface area contributed by atoms with Gasteiger partial charge in [0, 0.05) is 12.2 Å². The molecule has 2 N–H and O–H groups in total. The van der Waals surface area contributed by atoms with Gasteiger partial charge in [-0.2, -0.15) is 9.41 Å². The van der Waals surface area contributed by atoms with Crippen LogP contribution in [0.25, 0.3) is 0 Å². The van der Waals surface area contributed by atoms with Crippen molar-refractivity contribution in [3.8, 4) is 5.75 Å². The standard InChI is InChI=1S/C36H34N4O6S/c1-26-8-12-28(13-9-26)23-40(47(43,44)34-20-10-27(2)11-21-34)24-33-19-18-32(46-33)22-37-39-36(42)35(41)38-30-14-16-31(17-15-30)45-25-29-6-4-3-5-7-29/h3-22H,23-25H2,1-2H3,(H,38,41)(H,39,42)/b37-22+. The highest BCUT2D eigenvalue weighted by Gasteiger charge is 2.26. The van der Waals surface area contributed by atoms with E-state index in [4.69, 9.17) is 9.15 Å². The molecule has 0 saturated heterocycles. The van der Waals surface area contributed by atoms with Gasteiger partial charge in [0.1, 0.15) is 23.9 Å². The van der Waals surface area contributed by atoms with Gasteiger partial charge in [-0.3, -0.25) is 9.59 Å². The Labute approximate surface area is 273 Å². The van der Waals surface area contributed by atoms with Crippen molar-refractivity contribution >= 4 is 33.7 Å². The van der Waals surface area contributed by atoms with Gasteiger partial charge in [0.25, 0.3) is 0 Å². The van der Waals surface area contributed by atoms with E-state index in [-0.39, 0.29) is 23.7 Å². The lowest BCUT2D eigenvalue weighted by molar-refractivity contribution is -0.136. The van der Waals surface area contributed by atoms with Crippen molar-refractivity contribution in [1.82, 2.24) is 9.73 Å². The SMILES string of the molecule is Cc1ccc(CN(Cc2ccc(/C=N/NC(=O)C(=O)Nc3ccc(OCc4ccccc4)cc3)o2)S(=O)(=O)c2ccc(C)cc2)cc1. The van der Waals surface area contributed by atoms with Gasteiger partial charge in [-0.05, 0) is 73.5 Å². The molecule has 2 amide bonds. The molecular formula is C36H34N4O6S. The molecule has 0 unspecified atom stereocenters. The molecule has 0 aliphatic carbocycles. The van der Waals surface area contributed by atoms with Crippen LogP contribution in [0.5, 0.6) is 5.75 Å². The van der Waals surface area contributed by atoms with E-state index in [0.717, 1.165) is 22.3 Å². The number of rotatable bonds is 12. The van der Waals surface area contributed by atoms with Crippen molar-refractivity contribution in [3.63, 3.8) is 0 Å². The number of benzene rings is 4. The van der Waals surface area contributed by atoms with Crippen LogP contribution in [0.15, 0.2) is 130 Å². The van der Waals surface area contributed by atoms with Crippen LogP contribution in [0.1, 0.15) is 33.8 Å². The number of anilines is 1. The molecule has 5 aromatic rings. The number of hydrazone groups is 1. The molecule has 5 rings (SSSR count). The highest BCUT2D eigenvalue weighted by atomic mass is 32.2. The first kappa shape index (κ1) is 32.9. The Hall–Kier alpha value is -5.52. The molecule has 0 aliphatic heterocycles. The highest BCUT2D eigenvalue weighted by Crippen LogP contribution is 2.23. The predicted molar refractivity (Wildman–Crippen MR) is 179 cm³/mol.